The minimum Gasteiger partial charge on any atom is -0.348 e. The first kappa shape index (κ1) is 19.2. The summed E-state index contributed by atoms with van der Waals surface area (Å²) in [7, 11) is 0. The molecule has 0 bridgehead atoms. The second-order valence-corrected chi connectivity index (χ2v) is 7.81. The lowest BCUT2D eigenvalue weighted by molar-refractivity contribution is 0.0726. The Morgan fingerprint density at radius 1 is 0.871 bits per heavy atom. The number of benzene rings is 2. The van der Waals surface area contributed by atoms with Crippen molar-refractivity contribution < 1.29 is 4.79 Å². The van der Waals surface area contributed by atoms with Gasteiger partial charge in [-0.1, -0.05) is 42.5 Å². The largest absolute Gasteiger partial charge is 0.348 e. The van der Waals surface area contributed by atoms with E-state index in [-0.39, 0.29) is 11.9 Å². The topological polar surface area (TPSA) is 62.2 Å². The maximum atomic E-state index is 12.9. The van der Waals surface area contributed by atoms with Crippen molar-refractivity contribution in [2.45, 2.75) is 13.0 Å². The molecule has 1 aliphatic rings. The Labute approximate surface area is 181 Å². The van der Waals surface area contributed by atoms with Gasteiger partial charge < -0.3 is 9.80 Å². The lowest BCUT2D eigenvalue weighted by Crippen LogP contribution is -2.54. The SMILES string of the molecule is CC1CN(C(=O)c2ccccc2)CCN1c1nnc(-c2ccncc2)c2ccccc12. The van der Waals surface area contributed by atoms with Gasteiger partial charge in [-0.2, -0.15) is 0 Å². The maximum absolute atomic E-state index is 12.9. The van der Waals surface area contributed by atoms with Crippen LogP contribution in [0.15, 0.2) is 79.1 Å². The van der Waals surface area contributed by atoms with Crippen molar-refractivity contribution in [2.24, 2.45) is 0 Å². The van der Waals surface area contributed by atoms with Gasteiger partial charge in [-0.25, -0.2) is 0 Å². The normalized spacial score (nSPS) is 16.5. The fraction of sp³-hybridized carbons (Fsp3) is 0.200. The molecule has 1 amide bonds. The van der Waals surface area contributed by atoms with E-state index in [2.05, 4.69) is 39.1 Å². The lowest BCUT2D eigenvalue weighted by atomic mass is 10.0. The van der Waals surface area contributed by atoms with Gasteiger partial charge in [0, 0.05) is 60.0 Å². The Bertz CT molecular complexity index is 1210. The molecule has 1 saturated heterocycles. The van der Waals surface area contributed by atoms with Crippen LogP contribution in [0, 0.1) is 0 Å². The highest BCUT2D eigenvalue weighted by molar-refractivity contribution is 6.00. The number of nitrogens with zero attached hydrogens (tertiary/aromatic N) is 5. The molecule has 1 unspecified atom stereocenters. The summed E-state index contributed by atoms with van der Waals surface area (Å²) >= 11 is 0. The molecule has 2 aromatic carbocycles. The fourth-order valence-electron chi connectivity index (χ4n) is 4.24. The van der Waals surface area contributed by atoms with E-state index in [9.17, 15) is 4.79 Å². The Kier molecular flexibility index (Phi) is 5.04. The second kappa shape index (κ2) is 8.14. The predicted molar refractivity (Wildman–Crippen MR) is 122 cm³/mol. The zero-order chi connectivity index (χ0) is 21.2. The molecule has 5 rings (SSSR count). The average Bonchev–Trinajstić information content (AvgIpc) is 2.84. The van der Waals surface area contributed by atoms with Crippen molar-refractivity contribution in [1.82, 2.24) is 20.1 Å². The van der Waals surface area contributed by atoms with E-state index in [1.807, 2.05) is 59.5 Å². The Morgan fingerprint density at radius 2 is 1.58 bits per heavy atom. The predicted octanol–water partition coefficient (Wildman–Crippen LogP) is 4.04. The van der Waals surface area contributed by atoms with Crippen LogP contribution < -0.4 is 4.90 Å². The first-order valence-corrected chi connectivity index (χ1v) is 10.5. The number of piperazine rings is 1. The number of amides is 1. The third-order valence-electron chi connectivity index (χ3n) is 5.83. The number of anilines is 1. The summed E-state index contributed by atoms with van der Waals surface area (Å²) < 4.78 is 0. The quantitative estimate of drug-likeness (QED) is 0.511. The highest BCUT2D eigenvalue weighted by atomic mass is 16.2. The molecule has 0 radical (unpaired) electrons. The number of fused-ring (bicyclic) bond motifs is 1. The van der Waals surface area contributed by atoms with Gasteiger partial charge >= 0.3 is 0 Å². The number of rotatable bonds is 3. The Balaban J connectivity index is 1.45. The molecule has 0 N–H and O–H groups in total. The van der Waals surface area contributed by atoms with Crippen LogP contribution in [-0.4, -0.2) is 51.7 Å². The van der Waals surface area contributed by atoms with E-state index in [1.54, 1.807) is 12.4 Å². The Morgan fingerprint density at radius 3 is 2.32 bits per heavy atom. The van der Waals surface area contributed by atoms with Gasteiger partial charge in [-0.3, -0.25) is 9.78 Å². The van der Waals surface area contributed by atoms with Crippen molar-refractivity contribution in [1.29, 1.82) is 0 Å². The van der Waals surface area contributed by atoms with Gasteiger partial charge in [0.25, 0.3) is 5.91 Å². The molecule has 1 aliphatic heterocycles. The van der Waals surface area contributed by atoms with E-state index >= 15 is 0 Å². The van der Waals surface area contributed by atoms with Gasteiger partial charge in [-0.05, 0) is 31.2 Å². The molecular weight excluding hydrogens is 386 g/mol. The summed E-state index contributed by atoms with van der Waals surface area (Å²) in [6.45, 7) is 4.15. The van der Waals surface area contributed by atoms with Crippen LogP contribution in [0.3, 0.4) is 0 Å². The Hall–Kier alpha value is -3.80. The monoisotopic (exact) mass is 409 g/mol. The smallest absolute Gasteiger partial charge is 0.253 e. The number of carbonyl (C=O) groups excluding carboxylic acids is 1. The second-order valence-electron chi connectivity index (χ2n) is 7.81. The third-order valence-corrected chi connectivity index (χ3v) is 5.83. The summed E-state index contributed by atoms with van der Waals surface area (Å²) in [6, 6.07) is 21.7. The summed E-state index contributed by atoms with van der Waals surface area (Å²) in [4.78, 5) is 21.2. The van der Waals surface area contributed by atoms with E-state index in [0.29, 0.717) is 19.6 Å². The van der Waals surface area contributed by atoms with Crippen molar-refractivity contribution in [2.75, 3.05) is 24.5 Å². The van der Waals surface area contributed by atoms with Crippen LogP contribution in [0.2, 0.25) is 0 Å². The highest BCUT2D eigenvalue weighted by Crippen LogP contribution is 2.32. The van der Waals surface area contributed by atoms with Crippen molar-refractivity contribution in [3.63, 3.8) is 0 Å². The number of carbonyl (C=O) groups is 1. The van der Waals surface area contributed by atoms with Gasteiger partial charge in [0.1, 0.15) is 5.69 Å². The molecule has 0 aliphatic carbocycles. The zero-order valence-corrected chi connectivity index (χ0v) is 17.3. The van der Waals surface area contributed by atoms with Gasteiger partial charge in [0.2, 0.25) is 0 Å². The minimum absolute atomic E-state index is 0.0797. The van der Waals surface area contributed by atoms with E-state index < -0.39 is 0 Å². The molecule has 2 aromatic heterocycles. The summed E-state index contributed by atoms with van der Waals surface area (Å²) in [5, 5.41) is 11.4. The molecule has 6 nitrogen and oxygen atoms in total. The first-order valence-electron chi connectivity index (χ1n) is 10.5. The number of hydrogen-bond acceptors (Lipinski definition) is 5. The highest BCUT2D eigenvalue weighted by Gasteiger charge is 2.29. The summed E-state index contributed by atoms with van der Waals surface area (Å²) in [6.07, 6.45) is 3.54. The number of pyridine rings is 1. The molecule has 4 aromatic rings. The van der Waals surface area contributed by atoms with E-state index in [0.717, 1.165) is 33.4 Å². The molecule has 1 fully saturated rings. The van der Waals surface area contributed by atoms with E-state index in [1.165, 1.54) is 0 Å². The first-order chi connectivity index (χ1) is 15.2. The molecular formula is C25H23N5O. The molecule has 0 saturated carbocycles. The van der Waals surface area contributed by atoms with E-state index in [4.69, 9.17) is 0 Å². The van der Waals surface area contributed by atoms with Gasteiger partial charge in [-0.15, -0.1) is 10.2 Å². The van der Waals surface area contributed by atoms with Gasteiger partial charge in [0.15, 0.2) is 5.82 Å². The minimum atomic E-state index is 0.0797. The van der Waals surface area contributed by atoms with Gasteiger partial charge in [0.05, 0.1) is 0 Å². The van der Waals surface area contributed by atoms with Crippen molar-refractivity contribution >= 4 is 22.5 Å². The summed E-state index contributed by atoms with van der Waals surface area (Å²) in [5.74, 6) is 0.948. The van der Waals surface area contributed by atoms with Crippen LogP contribution in [-0.2, 0) is 0 Å². The van der Waals surface area contributed by atoms with Crippen LogP contribution in [0.4, 0.5) is 5.82 Å². The van der Waals surface area contributed by atoms with Crippen LogP contribution >= 0.6 is 0 Å². The molecule has 3 heterocycles. The van der Waals surface area contributed by atoms with Crippen LogP contribution in [0.5, 0.6) is 0 Å². The van der Waals surface area contributed by atoms with Crippen molar-refractivity contribution in [3.8, 4) is 11.3 Å². The number of aromatic nitrogens is 3. The zero-order valence-electron chi connectivity index (χ0n) is 17.3. The average molecular weight is 409 g/mol. The van der Waals surface area contributed by atoms with Crippen molar-refractivity contribution in [3.05, 3.63) is 84.7 Å². The molecule has 31 heavy (non-hydrogen) atoms. The summed E-state index contributed by atoms with van der Waals surface area (Å²) in [5.41, 5.74) is 2.58. The third kappa shape index (κ3) is 3.61. The van der Waals surface area contributed by atoms with Crippen LogP contribution in [0.1, 0.15) is 17.3 Å². The molecule has 6 heteroatoms. The fourth-order valence-corrected chi connectivity index (χ4v) is 4.24. The lowest BCUT2D eigenvalue weighted by Gasteiger charge is -2.40. The molecule has 1 atom stereocenters. The maximum Gasteiger partial charge on any atom is 0.253 e. The molecule has 0 spiro atoms. The number of hydrogen-bond donors (Lipinski definition) is 0. The molecule has 154 valence electrons. The van der Waals surface area contributed by atoms with Crippen LogP contribution in [0.25, 0.3) is 22.0 Å². The standard InChI is InChI=1S/C25H23N5O/c1-18-17-29(25(31)20-7-3-2-4-8-20)15-16-30(18)24-22-10-6-5-9-21(22)23(27-28-24)19-11-13-26-14-12-19/h2-14,18H,15-17H2,1H3.